The molecule has 2 fully saturated rings. The van der Waals surface area contributed by atoms with E-state index in [2.05, 4.69) is 9.89 Å². The number of hydrogen-bond donors (Lipinski definition) is 1. The number of carbonyl (C=O) groups excluding carboxylic acids is 1. The lowest BCUT2D eigenvalue weighted by Crippen LogP contribution is -2.44. The van der Waals surface area contributed by atoms with Gasteiger partial charge >= 0.3 is 6.09 Å². The summed E-state index contributed by atoms with van der Waals surface area (Å²) in [6.07, 6.45) is 1.72. The minimum atomic E-state index is -0.431. The highest BCUT2D eigenvalue weighted by Crippen LogP contribution is 2.20. The summed E-state index contributed by atoms with van der Waals surface area (Å²) in [5, 5.41) is 0. The average Bonchev–Trinajstić information content (AvgIpc) is 2.52. The van der Waals surface area contributed by atoms with Gasteiger partial charge in [-0.25, -0.2) is 4.79 Å². The van der Waals surface area contributed by atoms with Crippen molar-refractivity contribution in [1.82, 2.24) is 9.80 Å². The maximum atomic E-state index is 12.0. The van der Waals surface area contributed by atoms with Crippen LogP contribution in [0.5, 0.6) is 0 Å². The van der Waals surface area contributed by atoms with Gasteiger partial charge in [0.2, 0.25) is 0 Å². The molecule has 2 saturated heterocycles. The monoisotopic (exact) mass is 470 g/mol. The average molecular weight is 470 g/mol. The molecule has 0 aromatic heterocycles. The molecule has 0 bridgehead atoms. The molecule has 0 saturated carbocycles. The van der Waals surface area contributed by atoms with Crippen LogP contribution in [0.2, 0.25) is 0 Å². The van der Waals surface area contributed by atoms with E-state index in [1.165, 1.54) is 0 Å². The molecule has 0 radical (unpaired) electrons. The summed E-state index contributed by atoms with van der Waals surface area (Å²) in [6.45, 7) is 9.94. The van der Waals surface area contributed by atoms with Crippen molar-refractivity contribution in [3.63, 3.8) is 0 Å². The van der Waals surface area contributed by atoms with Gasteiger partial charge in [0, 0.05) is 44.2 Å². The predicted octanol–water partition coefficient (Wildman–Crippen LogP) is 2.62. The molecule has 2 aliphatic heterocycles. The number of thioether (sulfide) groups is 1. The van der Waals surface area contributed by atoms with Crippen LogP contribution in [-0.2, 0) is 4.74 Å². The number of carbonyl (C=O) groups is 1. The second-order valence-electron chi connectivity index (χ2n) is 7.21. The number of rotatable bonds is 2. The van der Waals surface area contributed by atoms with Gasteiger partial charge in [0.15, 0.2) is 5.96 Å². The van der Waals surface area contributed by atoms with Gasteiger partial charge in [-0.3, -0.25) is 4.99 Å². The number of halogens is 1. The lowest BCUT2D eigenvalue weighted by molar-refractivity contribution is 0.0187. The van der Waals surface area contributed by atoms with Crippen molar-refractivity contribution in [1.29, 1.82) is 0 Å². The summed E-state index contributed by atoms with van der Waals surface area (Å²) in [6, 6.07) is 0. The minimum Gasteiger partial charge on any atom is -0.444 e. The first-order valence-corrected chi connectivity index (χ1v) is 9.61. The van der Waals surface area contributed by atoms with Crippen LogP contribution in [0, 0.1) is 5.92 Å². The quantitative estimate of drug-likeness (QED) is 0.382. The molecule has 6 nitrogen and oxygen atoms in total. The third-order valence-corrected chi connectivity index (χ3v) is 5.06. The van der Waals surface area contributed by atoms with E-state index in [-0.39, 0.29) is 30.1 Å². The molecule has 2 rings (SSSR count). The number of nitrogens with zero attached hydrogens (tertiary/aromatic N) is 3. The summed E-state index contributed by atoms with van der Waals surface area (Å²) in [7, 11) is 0. The van der Waals surface area contributed by atoms with Crippen LogP contribution < -0.4 is 5.73 Å². The molecule has 0 atom stereocenters. The first-order valence-electron chi connectivity index (χ1n) is 8.46. The molecule has 1 amide bonds. The van der Waals surface area contributed by atoms with Crippen molar-refractivity contribution < 1.29 is 9.53 Å². The molecule has 0 aromatic rings. The van der Waals surface area contributed by atoms with Crippen molar-refractivity contribution in [3.8, 4) is 0 Å². The van der Waals surface area contributed by atoms with Gasteiger partial charge in [-0.1, -0.05) is 0 Å². The van der Waals surface area contributed by atoms with Crippen molar-refractivity contribution in [2.24, 2.45) is 16.6 Å². The first kappa shape index (κ1) is 21.7. The normalized spacial score (nSPS) is 20.5. The van der Waals surface area contributed by atoms with Gasteiger partial charge in [-0.2, -0.15) is 11.8 Å². The summed E-state index contributed by atoms with van der Waals surface area (Å²) in [5.41, 5.74) is 5.66. The Hall–Kier alpha value is -0.380. The Labute approximate surface area is 166 Å². The summed E-state index contributed by atoms with van der Waals surface area (Å²) in [5.74, 6) is 3.45. The Balaban J connectivity index is 0.00000288. The van der Waals surface area contributed by atoms with Crippen molar-refractivity contribution in [2.45, 2.75) is 39.2 Å². The van der Waals surface area contributed by atoms with E-state index in [1.807, 2.05) is 32.5 Å². The lowest BCUT2D eigenvalue weighted by Gasteiger charge is -2.33. The second-order valence-corrected chi connectivity index (χ2v) is 8.43. The molecule has 0 aliphatic carbocycles. The third-order valence-electron chi connectivity index (χ3n) is 4.11. The lowest BCUT2D eigenvalue weighted by atomic mass is 9.97. The zero-order chi connectivity index (χ0) is 16.9. The van der Waals surface area contributed by atoms with Gasteiger partial charge in [0.25, 0.3) is 0 Å². The second kappa shape index (κ2) is 9.94. The van der Waals surface area contributed by atoms with Gasteiger partial charge in [0.05, 0.1) is 0 Å². The first-order chi connectivity index (χ1) is 10.8. The van der Waals surface area contributed by atoms with Crippen LogP contribution in [0.4, 0.5) is 4.79 Å². The van der Waals surface area contributed by atoms with E-state index in [9.17, 15) is 4.79 Å². The Bertz CT molecular complexity index is 428. The maximum absolute atomic E-state index is 12.0. The molecule has 140 valence electrons. The van der Waals surface area contributed by atoms with Crippen LogP contribution in [-0.4, -0.2) is 71.7 Å². The summed E-state index contributed by atoms with van der Waals surface area (Å²) in [4.78, 5) is 20.6. The standard InChI is InChI=1S/C16H30N4O2S.HI/c1-16(2,3)22-15(21)20-6-4-13(5-7-20)12-18-14(17)19-8-10-23-11-9-19;/h13H,4-12H2,1-3H3,(H2,17,18);1H. The predicted molar refractivity (Wildman–Crippen MR) is 111 cm³/mol. The van der Waals surface area contributed by atoms with Crippen molar-refractivity contribution in [2.75, 3.05) is 44.2 Å². The number of nitrogens with two attached hydrogens (primary N) is 1. The van der Waals surface area contributed by atoms with E-state index in [4.69, 9.17) is 10.5 Å². The topological polar surface area (TPSA) is 71.2 Å². The third kappa shape index (κ3) is 7.25. The maximum Gasteiger partial charge on any atom is 0.410 e. The Kier molecular flexibility index (Phi) is 8.97. The zero-order valence-corrected chi connectivity index (χ0v) is 18.1. The fraction of sp³-hybridized carbons (Fsp3) is 0.875. The summed E-state index contributed by atoms with van der Waals surface area (Å²) < 4.78 is 5.42. The summed E-state index contributed by atoms with van der Waals surface area (Å²) >= 11 is 1.97. The number of piperidine rings is 1. The fourth-order valence-corrected chi connectivity index (χ4v) is 3.64. The van der Waals surface area contributed by atoms with Gasteiger partial charge in [0.1, 0.15) is 5.60 Å². The van der Waals surface area contributed by atoms with Gasteiger partial charge in [-0.15, -0.1) is 24.0 Å². The van der Waals surface area contributed by atoms with Crippen LogP contribution in [0.15, 0.2) is 4.99 Å². The molecule has 0 unspecified atom stereocenters. The minimum absolute atomic E-state index is 0. The van der Waals surface area contributed by atoms with Crippen molar-refractivity contribution in [3.05, 3.63) is 0 Å². The molecular weight excluding hydrogens is 439 g/mol. The van der Waals surface area contributed by atoms with Crippen LogP contribution in [0.3, 0.4) is 0 Å². The molecule has 8 heteroatoms. The van der Waals surface area contributed by atoms with E-state index in [0.717, 1.165) is 57.1 Å². The van der Waals surface area contributed by atoms with E-state index in [1.54, 1.807) is 4.90 Å². The Morgan fingerprint density at radius 1 is 1.17 bits per heavy atom. The highest BCUT2D eigenvalue weighted by Gasteiger charge is 2.26. The number of guanidine groups is 1. The molecule has 0 spiro atoms. The van der Waals surface area contributed by atoms with Gasteiger partial charge < -0.3 is 20.3 Å². The smallest absolute Gasteiger partial charge is 0.410 e. The van der Waals surface area contributed by atoms with E-state index >= 15 is 0 Å². The van der Waals surface area contributed by atoms with Crippen LogP contribution in [0.25, 0.3) is 0 Å². The highest BCUT2D eigenvalue weighted by molar-refractivity contribution is 14.0. The van der Waals surface area contributed by atoms with Gasteiger partial charge in [-0.05, 0) is 39.5 Å². The highest BCUT2D eigenvalue weighted by atomic mass is 127. The molecule has 24 heavy (non-hydrogen) atoms. The van der Waals surface area contributed by atoms with E-state index in [0.29, 0.717) is 11.9 Å². The number of hydrogen-bond acceptors (Lipinski definition) is 4. The molecule has 2 heterocycles. The number of aliphatic imine (C=N–C) groups is 1. The zero-order valence-electron chi connectivity index (χ0n) is 15.0. The molecule has 0 aromatic carbocycles. The van der Waals surface area contributed by atoms with Crippen LogP contribution in [0.1, 0.15) is 33.6 Å². The molecule has 2 aliphatic rings. The molecule has 2 N–H and O–H groups in total. The SMILES string of the molecule is CC(C)(C)OC(=O)N1CCC(CN=C(N)N2CCSCC2)CC1.I. The number of ether oxygens (including phenoxy) is 1. The van der Waals surface area contributed by atoms with E-state index < -0.39 is 5.60 Å². The van der Waals surface area contributed by atoms with Crippen molar-refractivity contribution >= 4 is 47.8 Å². The molecular formula is C16H31IN4O2S. The fourth-order valence-electron chi connectivity index (χ4n) is 2.74. The Morgan fingerprint density at radius 2 is 1.75 bits per heavy atom. The Morgan fingerprint density at radius 3 is 2.29 bits per heavy atom. The number of likely N-dealkylation sites (tertiary alicyclic amines) is 1. The van der Waals surface area contributed by atoms with Crippen LogP contribution >= 0.6 is 35.7 Å². The number of amides is 1. The largest absolute Gasteiger partial charge is 0.444 e.